The van der Waals surface area contributed by atoms with E-state index in [9.17, 15) is 4.79 Å². The number of carbonyl (C=O) groups is 1. The first kappa shape index (κ1) is 11.6. The van der Waals surface area contributed by atoms with Gasteiger partial charge in [0.1, 0.15) is 11.5 Å². The number of hydrogen-bond donors (Lipinski definition) is 0. The van der Waals surface area contributed by atoms with E-state index in [0.29, 0.717) is 18.6 Å². The summed E-state index contributed by atoms with van der Waals surface area (Å²) in [5.41, 5.74) is 1.28. The highest BCUT2D eigenvalue weighted by Gasteiger charge is 2.06. The molecule has 3 heteroatoms. The Kier molecular flexibility index (Phi) is 4.08. The van der Waals surface area contributed by atoms with Crippen molar-refractivity contribution in [3.8, 4) is 0 Å². The monoisotopic (exact) mass is 229 g/mol. The number of nitrogens with zero attached hydrogens (tertiary/aromatic N) is 1. The second kappa shape index (κ2) is 5.99. The maximum Gasteiger partial charge on any atom is 0.144 e. The first-order chi connectivity index (χ1) is 8.34. The number of benzene rings is 1. The molecule has 0 atom stereocenters. The van der Waals surface area contributed by atoms with Crippen molar-refractivity contribution in [1.29, 1.82) is 0 Å². The van der Waals surface area contributed by atoms with E-state index in [4.69, 9.17) is 4.52 Å². The normalized spacial score (nSPS) is 10.4. The second-order valence-corrected chi connectivity index (χ2v) is 4.03. The average Bonchev–Trinajstić information content (AvgIpc) is 2.83. The predicted octanol–water partition coefficient (Wildman–Crippen LogP) is 2.81. The van der Waals surface area contributed by atoms with E-state index >= 15 is 0 Å². The highest BCUT2D eigenvalue weighted by Crippen LogP contribution is 2.07. The zero-order chi connectivity index (χ0) is 11.9. The summed E-state index contributed by atoms with van der Waals surface area (Å²) in [5, 5.41) is 3.58. The number of ketones is 1. The third kappa shape index (κ3) is 3.87. The third-order valence-corrected chi connectivity index (χ3v) is 2.63. The van der Waals surface area contributed by atoms with E-state index in [1.54, 1.807) is 12.3 Å². The number of carbonyl (C=O) groups excluding carboxylic acids is 1. The molecule has 1 aromatic heterocycles. The van der Waals surface area contributed by atoms with Crippen LogP contribution in [-0.4, -0.2) is 10.9 Å². The molecule has 0 bridgehead atoms. The summed E-state index contributed by atoms with van der Waals surface area (Å²) in [7, 11) is 0. The number of Topliss-reactive ketones (excluding diaryl/α,β-unsaturated/α-hetero) is 1. The molecule has 0 saturated carbocycles. The fourth-order valence-electron chi connectivity index (χ4n) is 1.75. The van der Waals surface area contributed by atoms with Gasteiger partial charge in [0.15, 0.2) is 0 Å². The first-order valence-corrected chi connectivity index (χ1v) is 5.80. The molecule has 2 rings (SSSR count). The molecule has 0 aliphatic carbocycles. The summed E-state index contributed by atoms with van der Waals surface area (Å²) in [5.74, 6) is 0.854. The summed E-state index contributed by atoms with van der Waals surface area (Å²) in [4.78, 5) is 11.6. The molecule has 0 amide bonds. The van der Waals surface area contributed by atoms with Crippen LogP contribution in [-0.2, 0) is 17.6 Å². The van der Waals surface area contributed by atoms with Gasteiger partial charge < -0.3 is 4.52 Å². The van der Waals surface area contributed by atoms with Gasteiger partial charge in [-0.2, -0.15) is 0 Å². The molecule has 0 saturated heterocycles. The van der Waals surface area contributed by atoms with Gasteiger partial charge in [-0.05, 0) is 18.4 Å². The van der Waals surface area contributed by atoms with Crippen molar-refractivity contribution in [3.05, 3.63) is 53.9 Å². The topological polar surface area (TPSA) is 43.1 Å². The van der Waals surface area contributed by atoms with E-state index in [1.807, 2.05) is 18.2 Å². The van der Waals surface area contributed by atoms with Crippen molar-refractivity contribution < 1.29 is 9.32 Å². The van der Waals surface area contributed by atoms with Crippen LogP contribution < -0.4 is 0 Å². The number of aromatic nitrogens is 1. The van der Waals surface area contributed by atoms with Gasteiger partial charge in [0.05, 0.1) is 12.6 Å². The smallest absolute Gasteiger partial charge is 0.144 e. The Morgan fingerprint density at radius 3 is 2.71 bits per heavy atom. The molecule has 1 heterocycles. The van der Waals surface area contributed by atoms with Gasteiger partial charge in [0, 0.05) is 12.5 Å². The Bertz CT molecular complexity index is 448. The molecule has 0 spiro atoms. The van der Waals surface area contributed by atoms with E-state index < -0.39 is 0 Å². The summed E-state index contributed by atoms with van der Waals surface area (Å²) < 4.78 is 4.90. The Morgan fingerprint density at radius 1 is 1.18 bits per heavy atom. The van der Waals surface area contributed by atoms with Crippen molar-refractivity contribution in [2.45, 2.75) is 25.7 Å². The van der Waals surface area contributed by atoms with Crippen LogP contribution in [0.3, 0.4) is 0 Å². The molecular formula is C14H15NO2. The Hall–Kier alpha value is -1.90. The lowest BCUT2D eigenvalue weighted by molar-refractivity contribution is -0.118. The summed E-state index contributed by atoms with van der Waals surface area (Å²) in [6.45, 7) is 0. The van der Waals surface area contributed by atoms with Crippen molar-refractivity contribution >= 4 is 5.78 Å². The van der Waals surface area contributed by atoms with Crippen LogP contribution in [0.2, 0.25) is 0 Å². The van der Waals surface area contributed by atoms with Crippen LogP contribution in [0.1, 0.15) is 24.2 Å². The maximum absolute atomic E-state index is 11.6. The van der Waals surface area contributed by atoms with Gasteiger partial charge in [-0.25, -0.2) is 0 Å². The molecule has 0 aliphatic rings. The number of aryl methyl sites for hydroxylation is 1. The number of rotatable bonds is 6. The Morgan fingerprint density at radius 2 is 2.00 bits per heavy atom. The molecule has 2 aromatic rings. The van der Waals surface area contributed by atoms with Crippen LogP contribution >= 0.6 is 0 Å². The summed E-state index contributed by atoms with van der Waals surface area (Å²) >= 11 is 0. The zero-order valence-corrected chi connectivity index (χ0v) is 9.63. The Labute approximate surface area is 100 Å². The van der Waals surface area contributed by atoms with Gasteiger partial charge in [-0.1, -0.05) is 35.5 Å². The summed E-state index contributed by atoms with van der Waals surface area (Å²) in [6, 6.07) is 11.9. The predicted molar refractivity (Wildman–Crippen MR) is 64.6 cm³/mol. The molecule has 0 unspecified atom stereocenters. The van der Waals surface area contributed by atoms with Crippen LogP contribution in [0.25, 0.3) is 0 Å². The molecule has 17 heavy (non-hydrogen) atoms. The lowest BCUT2D eigenvalue weighted by Gasteiger charge is -2.00. The summed E-state index contributed by atoms with van der Waals surface area (Å²) in [6.07, 6.45) is 4.34. The number of hydrogen-bond acceptors (Lipinski definition) is 3. The average molecular weight is 229 g/mol. The third-order valence-electron chi connectivity index (χ3n) is 2.63. The second-order valence-electron chi connectivity index (χ2n) is 4.03. The standard InChI is InChI=1S/C14H15NO2/c16-13(11-14-9-10-15-17-14)8-4-7-12-5-2-1-3-6-12/h1-3,5-6,9-10H,4,7-8,11H2. The van der Waals surface area contributed by atoms with E-state index in [1.165, 1.54) is 5.56 Å². The largest absolute Gasteiger partial charge is 0.361 e. The molecule has 0 fully saturated rings. The van der Waals surface area contributed by atoms with Gasteiger partial charge in [0.25, 0.3) is 0 Å². The molecular weight excluding hydrogens is 214 g/mol. The first-order valence-electron chi connectivity index (χ1n) is 5.80. The van der Waals surface area contributed by atoms with E-state index in [2.05, 4.69) is 17.3 Å². The van der Waals surface area contributed by atoms with Gasteiger partial charge >= 0.3 is 0 Å². The van der Waals surface area contributed by atoms with Gasteiger partial charge in [-0.3, -0.25) is 4.79 Å². The van der Waals surface area contributed by atoms with Crippen molar-refractivity contribution in [2.24, 2.45) is 0 Å². The highest BCUT2D eigenvalue weighted by molar-refractivity contribution is 5.80. The fourth-order valence-corrected chi connectivity index (χ4v) is 1.75. The SMILES string of the molecule is O=C(CCCc1ccccc1)Cc1ccno1. The fraction of sp³-hybridized carbons (Fsp3) is 0.286. The van der Waals surface area contributed by atoms with Gasteiger partial charge in [-0.15, -0.1) is 0 Å². The molecule has 88 valence electrons. The molecule has 3 nitrogen and oxygen atoms in total. The van der Waals surface area contributed by atoms with Crippen LogP contribution in [0.4, 0.5) is 0 Å². The van der Waals surface area contributed by atoms with Crippen molar-refractivity contribution in [3.63, 3.8) is 0 Å². The molecule has 0 aliphatic heterocycles. The van der Waals surface area contributed by atoms with Crippen LogP contribution in [0.5, 0.6) is 0 Å². The minimum atomic E-state index is 0.206. The zero-order valence-electron chi connectivity index (χ0n) is 9.63. The van der Waals surface area contributed by atoms with Crippen LogP contribution in [0.15, 0.2) is 47.1 Å². The minimum Gasteiger partial charge on any atom is -0.361 e. The molecule has 0 radical (unpaired) electrons. The van der Waals surface area contributed by atoms with Gasteiger partial charge in [0.2, 0.25) is 0 Å². The van der Waals surface area contributed by atoms with E-state index in [-0.39, 0.29) is 5.78 Å². The molecule has 0 N–H and O–H groups in total. The lowest BCUT2D eigenvalue weighted by Crippen LogP contribution is -2.02. The van der Waals surface area contributed by atoms with Crippen molar-refractivity contribution in [2.75, 3.05) is 0 Å². The quantitative estimate of drug-likeness (QED) is 0.765. The molecule has 1 aromatic carbocycles. The highest BCUT2D eigenvalue weighted by atomic mass is 16.5. The minimum absolute atomic E-state index is 0.206. The Balaban J connectivity index is 1.70. The maximum atomic E-state index is 11.6. The van der Waals surface area contributed by atoms with E-state index in [0.717, 1.165) is 12.8 Å². The van der Waals surface area contributed by atoms with Crippen LogP contribution in [0, 0.1) is 0 Å². The van der Waals surface area contributed by atoms with Crippen molar-refractivity contribution in [1.82, 2.24) is 5.16 Å². The lowest BCUT2D eigenvalue weighted by atomic mass is 10.1.